The first-order chi connectivity index (χ1) is 4.68. The smallest absolute Gasteiger partial charge is 0.311 e. The van der Waals surface area contributed by atoms with Crippen LogP contribution >= 0.6 is 0 Å². The zero-order valence-electron chi connectivity index (χ0n) is 4.80. The second-order valence-corrected chi connectivity index (χ2v) is 1.54. The average Bonchev–Trinajstić information content (AvgIpc) is 2.13. The highest BCUT2D eigenvalue weighted by Crippen LogP contribution is 1.85. The van der Waals surface area contributed by atoms with Crippen molar-refractivity contribution in [2.24, 2.45) is 0 Å². The van der Waals surface area contributed by atoms with E-state index in [0.29, 0.717) is 0 Å². The summed E-state index contributed by atoms with van der Waals surface area (Å²) in [5.41, 5.74) is 0. The van der Waals surface area contributed by atoms with E-state index in [-0.39, 0.29) is 17.2 Å². The molecule has 0 radical (unpaired) electrons. The Morgan fingerprint density at radius 1 is 1.70 bits per heavy atom. The number of carboxylic acid groups (broad SMARTS) is 1. The fourth-order valence-electron chi connectivity index (χ4n) is 0.441. The quantitative estimate of drug-likeness (QED) is 0.492. The molecular weight excluding hydrogens is 140 g/mol. The van der Waals surface area contributed by atoms with E-state index in [4.69, 9.17) is 10.3 Å². The molecule has 1 aromatic rings. The third-order valence-corrected chi connectivity index (χ3v) is 0.754. The fraction of sp³-hybridized carbons (Fsp3) is 0.333. The topological polar surface area (TPSA) is 101 Å². The molecule has 10 heavy (non-hydrogen) atoms. The minimum absolute atomic E-state index is 0.0185. The molecule has 1 heterocycles. The van der Waals surface area contributed by atoms with Crippen LogP contribution in [0.15, 0.2) is 0 Å². The standard InChI is InChI=1S/C3H4N4O3/c8-3(9)1-2-4-6-7(10)5-2/h10H,1H2,(H,8,9). The molecule has 7 heteroatoms. The highest BCUT2D eigenvalue weighted by molar-refractivity contribution is 5.68. The van der Waals surface area contributed by atoms with Crippen molar-refractivity contribution >= 4 is 5.97 Å². The minimum atomic E-state index is -1.06. The van der Waals surface area contributed by atoms with Crippen molar-refractivity contribution in [3.8, 4) is 0 Å². The lowest BCUT2D eigenvalue weighted by Gasteiger charge is -1.81. The van der Waals surface area contributed by atoms with Crippen LogP contribution in [0.4, 0.5) is 0 Å². The molecule has 0 fully saturated rings. The number of carbonyl (C=O) groups is 1. The molecule has 2 N–H and O–H groups in total. The number of rotatable bonds is 2. The Bertz CT molecular complexity index is 244. The molecule has 0 atom stereocenters. The van der Waals surface area contributed by atoms with Crippen molar-refractivity contribution < 1.29 is 15.1 Å². The van der Waals surface area contributed by atoms with Gasteiger partial charge in [0.05, 0.1) is 0 Å². The van der Waals surface area contributed by atoms with Crippen LogP contribution in [0.25, 0.3) is 0 Å². The van der Waals surface area contributed by atoms with Crippen molar-refractivity contribution in [3.05, 3.63) is 5.82 Å². The number of carboxylic acids is 1. The molecule has 54 valence electrons. The lowest BCUT2D eigenvalue weighted by atomic mass is 10.4. The van der Waals surface area contributed by atoms with Gasteiger partial charge in [-0.3, -0.25) is 4.79 Å². The highest BCUT2D eigenvalue weighted by Gasteiger charge is 2.05. The van der Waals surface area contributed by atoms with Crippen molar-refractivity contribution in [1.29, 1.82) is 0 Å². The van der Waals surface area contributed by atoms with Crippen LogP contribution in [0.5, 0.6) is 0 Å². The summed E-state index contributed by atoms with van der Waals surface area (Å²) in [5.74, 6) is -1.08. The number of hydrogen-bond acceptors (Lipinski definition) is 5. The van der Waals surface area contributed by atoms with Crippen molar-refractivity contribution in [2.45, 2.75) is 6.42 Å². The Kier molecular flexibility index (Phi) is 1.48. The van der Waals surface area contributed by atoms with Gasteiger partial charge in [-0.2, -0.15) is 0 Å². The number of aromatic nitrogens is 4. The number of nitrogens with zero attached hydrogens (tertiary/aromatic N) is 4. The summed E-state index contributed by atoms with van der Waals surface area (Å²) in [6.45, 7) is 0. The summed E-state index contributed by atoms with van der Waals surface area (Å²) < 4.78 is 0. The van der Waals surface area contributed by atoms with Gasteiger partial charge >= 0.3 is 5.97 Å². The third kappa shape index (κ3) is 1.41. The highest BCUT2D eigenvalue weighted by atomic mass is 16.5. The first-order valence-electron chi connectivity index (χ1n) is 2.38. The van der Waals surface area contributed by atoms with Crippen molar-refractivity contribution in [1.82, 2.24) is 20.4 Å². The van der Waals surface area contributed by atoms with Gasteiger partial charge in [0.2, 0.25) is 0 Å². The minimum Gasteiger partial charge on any atom is -0.481 e. The molecular formula is C3H4N4O3. The monoisotopic (exact) mass is 144 g/mol. The number of aliphatic carboxylic acids is 1. The largest absolute Gasteiger partial charge is 0.481 e. The molecule has 0 amide bonds. The zero-order chi connectivity index (χ0) is 7.56. The van der Waals surface area contributed by atoms with Gasteiger partial charge in [0, 0.05) is 4.96 Å². The molecule has 0 bridgehead atoms. The second kappa shape index (κ2) is 2.29. The lowest BCUT2D eigenvalue weighted by Crippen LogP contribution is -2.02. The van der Waals surface area contributed by atoms with Gasteiger partial charge in [-0.15, -0.1) is 5.10 Å². The van der Waals surface area contributed by atoms with E-state index >= 15 is 0 Å². The Hall–Kier alpha value is -1.66. The first kappa shape index (κ1) is 6.46. The van der Waals surface area contributed by atoms with Crippen LogP contribution in [0.1, 0.15) is 5.82 Å². The molecule has 0 aromatic carbocycles. The van der Waals surface area contributed by atoms with Crippen molar-refractivity contribution in [3.63, 3.8) is 0 Å². The van der Waals surface area contributed by atoms with Crippen molar-refractivity contribution in [2.75, 3.05) is 0 Å². The maximum atomic E-state index is 9.98. The predicted molar refractivity (Wildman–Crippen MR) is 26.3 cm³/mol. The van der Waals surface area contributed by atoms with Gasteiger partial charge in [0.15, 0.2) is 5.82 Å². The summed E-state index contributed by atoms with van der Waals surface area (Å²) in [6, 6.07) is 0. The van der Waals surface area contributed by atoms with Gasteiger partial charge in [0.1, 0.15) is 6.42 Å². The fourth-order valence-corrected chi connectivity index (χ4v) is 0.441. The molecule has 1 aromatic heterocycles. The first-order valence-corrected chi connectivity index (χ1v) is 2.38. The van der Waals surface area contributed by atoms with E-state index in [0.717, 1.165) is 0 Å². The molecule has 0 aliphatic carbocycles. The predicted octanol–water partition coefficient (Wildman–Crippen LogP) is -1.46. The Morgan fingerprint density at radius 3 is 2.80 bits per heavy atom. The Labute approximate surface area is 54.8 Å². The Morgan fingerprint density at radius 2 is 2.40 bits per heavy atom. The normalized spacial score (nSPS) is 9.60. The van der Waals surface area contributed by atoms with Crippen LogP contribution in [0.3, 0.4) is 0 Å². The number of hydrogen-bond donors (Lipinski definition) is 2. The van der Waals surface area contributed by atoms with Crippen LogP contribution in [-0.2, 0) is 11.2 Å². The molecule has 0 unspecified atom stereocenters. The SMILES string of the molecule is O=C(O)Cc1nnn(O)n1. The van der Waals surface area contributed by atoms with E-state index in [1.807, 2.05) is 0 Å². The van der Waals surface area contributed by atoms with E-state index in [1.165, 1.54) is 0 Å². The van der Waals surface area contributed by atoms with E-state index < -0.39 is 5.97 Å². The summed E-state index contributed by atoms with van der Waals surface area (Å²) in [6.07, 6.45) is -0.333. The maximum absolute atomic E-state index is 9.98. The van der Waals surface area contributed by atoms with E-state index in [2.05, 4.69) is 15.4 Å². The van der Waals surface area contributed by atoms with Crippen LogP contribution in [0.2, 0.25) is 0 Å². The molecule has 0 saturated heterocycles. The molecule has 0 aliphatic rings. The number of tetrazole rings is 1. The summed E-state index contributed by atoms with van der Waals surface area (Å²) in [4.78, 5) is 10.2. The van der Waals surface area contributed by atoms with E-state index in [9.17, 15) is 4.79 Å². The van der Waals surface area contributed by atoms with Gasteiger partial charge in [-0.1, -0.05) is 5.10 Å². The van der Waals surface area contributed by atoms with Crippen LogP contribution in [0, 0.1) is 0 Å². The van der Waals surface area contributed by atoms with Gasteiger partial charge in [-0.05, 0) is 5.21 Å². The Balaban J connectivity index is 2.67. The molecule has 0 saturated carbocycles. The molecule has 0 aliphatic heterocycles. The summed E-state index contributed by atoms with van der Waals surface area (Å²) >= 11 is 0. The van der Waals surface area contributed by atoms with Crippen LogP contribution in [-0.4, -0.2) is 36.7 Å². The van der Waals surface area contributed by atoms with Gasteiger partial charge in [-0.25, -0.2) is 0 Å². The van der Waals surface area contributed by atoms with Gasteiger partial charge < -0.3 is 10.3 Å². The molecule has 0 spiro atoms. The second-order valence-electron chi connectivity index (χ2n) is 1.54. The van der Waals surface area contributed by atoms with Crippen LogP contribution < -0.4 is 0 Å². The average molecular weight is 144 g/mol. The van der Waals surface area contributed by atoms with Gasteiger partial charge in [0.25, 0.3) is 0 Å². The van der Waals surface area contributed by atoms with E-state index in [1.54, 1.807) is 0 Å². The molecule has 7 nitrogen and oxygen atoms in total. The third-order valence-electron chi connectivity index (χ3n) is 0.754. The lowest BCUT2D eigenvalue weighted by molar-refractivity contribution is -0.136. The maximum Gasteiger partial charge on any atom is 0.311 e. The zero-order valence-corrected chi connectivity index (χ0v) is 4.80. The summed E-state index contributed by atoms with van der Waals surface area (Å²) in [7, 11) is 0. The molecule has 1 rings (SSSR count). The summed E-state index contributed by atoms with van der Waals surface area (Å²) in [5, 5.41) is 26.0.